The van der Waals surface area contributed by atoms with Gasteiger partial charge in [-0.05, 0) is 30.0 Å². The third-order valence-corrected chi connectivity index (χ3v) is 3.92. The Labute approximate surface area is 134 Å². The largest absolute Gasteiger partial charge is 0.357 e. The lowest BCUT2D eigenvalue weighted by Gasteiger charge is -2.06. The Bertz CT molecular complexity index is 746. The monoisotopic (exact) mass is 362 g/mol. The summed E-state index contributed by atoms with van der Waals surface area (Å²) < 4.78 is 2.76. The normalized spacial score (nSPS) is 10.6. The number of nitrogens with zero attached hydrogens (tertiary/aromatic N) is 5. The molecule has 0 aliphatic rings. The number of aromatic nitrogens is 5. The zero-order chi connectivity index (χ0) is 14.7. The Kier molecular flexibility index (Phi) is 4.16. The van der Waals surface area contributed by atoms with Crippen molar-refractivity contribution in [3.63, 3.8) is 0 Å². The van der Waals surface area contributed by atoms with Crippen molar-refractivity contribution in [3.8, 4) is 5.95 Å². The molecule has 2 heterocycles. The van der Waals surface area contributed by atoms with Crippen LogP contribution in [0.15, 0.2) is 57.5 Å². The van der Waals surface area contributed by atoms with Crippen LogP contribution in [-0.4, -0.2) is 31.6 Å². The van der Waals surface area contributed by atoms with Crippen molar-refractivity contribution >= 4 is 33.6 Å². The molecule has 1 N–H and O–H groups in total. The summed E-state index contributed by atoms with van der Waals surface area (Å²) in [6, 6.07) is 7.98. The number of halogens is 1. The summed E-state index contributed by atoms with van der Waals surface area (Å²) in [5.41, 5.74) is 0. The van der Waals surface area contributed by atoms with E-state index in [-0.39, 0.29) is 0 Å². The van der Waals surface area contributed by atoms with Crippen LogP contribution in [0.1, 0.15) is 0 Å². The SMILES string of the molecule is CNc1nc(Sc2cccc(Br)c2)nc(-n2ccnc2)n1. The maximum absolute atomic E-state index is 4.46. The van der Waals surface area contributed by atoms with Crippen molar-refractivity contribution in [2.24, 2.45) is 0 Å². The summed E-state index contributed by atoms with van der Waals surface area (Å²) >= 11 is 4.94. The molecule has 21 heavy (non-hydrogen) atoms. The molecular weight excluding hydrogens is 352 g/mol. The maximum atomic E-state index is 4.46. The van der Waals surface area contributed by atoms with E-state index in [2.05, 4.69) is 41.2 Å². The van der Waals surface area contributed by atoms with Gasteiger partial charge in [0.15, 0.2) is 5.16 Å². The van der Waals surface area contributed by atoms with E-state index in [9.17, 15) is 0 Å². The molecule has 0 radical (unpaired) electrons. The molecule has 8 heteroatoms. The van der Waals surface area contributed by atoms with Crippen molar-refractivity contribution in [2.75, 3.05) is 12.4 Å². The smallest absolute Gasteiger partial charge is 0.240 e. The second kappa shape index (κ2) is 6.23. The first-order valence-corrected chi connectivity index (χ1v) is 7.71. The van der Waals surface area contributed by atoms with E-state index in [4.69, 9.17) is 0 Å². The van der Waals surface area contributed by atoms with Crippen LogP contribution < -0.4 is 5.32 Å². The number of benzene rings is 1. The third-order valence-electron chi connectivity index (χ3n) is 2.57. The van der Waals surface area contributed by atoms with Crippen LogP contribution in [-0.2, 0) is 0 Å². The van der Waals surface area contributed by atoms with Crippen LogP contribution >= 0.6 is 27.7 Å². The zero-order valence-electron chi connectivity index (χ0n) is 11.1. The predicted octanol–water partition coefficient (Wildman–Crippen LogP) is 3.01. The minimum absolute atomic E-state index is 0.520. The molecule has 0 aliphatic carbocycles. The molecule has 0 amide bonds. The molecule has 106 valence electrons. The minimum Gasteiger partial charge on any atom is -0.357 e. The molecule has 0 saturated heterocycles. The first-order valence-electron chi connectivity index (χ1n) is 6.10. The fraction of sp³-hybridized carbons (Fsp3) is 0.0769. The van der Waals surface area contributed by atoms with Crippen LogP contribution in [0.3, 0.4) is 0 Å². The first-order chi connectivity index (χ1) is 10.2. The molecule has 0 unspecified atom stereocenters. The highest BCUT2D eigenvalue weighted by molar-refractivity contribution is 9.10. The Hall–Kier alpha value is -1.93. The number of hydrogen-bond acceptors (Lipinski definition) is 6. The Morgan fingerprint density at radius 1 is 1.24 bits per heavy atom. The van der Waals surface area contributed by atoms with E-state index in [0.717, 1.165) is 9.37 Å². The van der Waals surface area contributed by atoms with Crippen LogP contribution in [0.2, 0.25) is 0 Å². The highest BCUT2D eigenvalue weighted by Crippen LogP contribution is 2.27. The second-order valence-electron chi connectivity index (χ2n) is 4.02. The van der Waals surface area contributed by atoms with Crippen LogP contribution in [0, 0.1) is 0 Å². The van der Waals surface area contributed by atoms with Gasteiger partial charge in [0.25, 0.3) is 0 Å². The van der Waals surface area contributed by atoms with Crippen LogP contribution in [0.25, 0.3) is 5.95 Å². The lowest BCUT2D eigenvalue weighted by Crippen LogP contribution is -2.06. The van der Waals surface area contributed by atoms with Crippen molar-refractivity contribution < 1.29 is 0 Å². The first kappa shape index (κ1) is 14.0. The fourth-order valence-electron chi connectivity index (χ4n) is 1.63. The molecule has 0 aliphatic heterocycles. The molecule has 0 saturated carbocycles. The highest BCUT2D eigenvalue weighted by atomic mass is 79.9. The van der Waals surface area contributed by atoms with Crippen molar-refractivity contribution in [1.29, 1.82) is 0 Å². The number of hydrogen-bond donors (Lipinski definition) is 1. The van der Waals surface area contributed by atoms with Gasteiger partial charge in [-0.3, -0.25) is 4.57 Å². The summed E-state index contributed by atoms with van der Waals surface area (Å²) in [6.07, 6.45) is 5.13. The molecular formula is C13H11BrN6S. The zero-order valence-corrected chi connectivity index (χ0v) is 13.5. The van der Waals surface area contributed by atoms with Gasteiger partial charge < -0.3 is 5.32 Å². The van der Waals surface area contributed by atoms with Gasteiger partial charge in [-0.15, -0.1) is 0 Å². The molecule has 3 aromatic rings. The molecule has 0 fully saturated rings. The van der Waals surface area contributed by atoms with Crippen molar-refractivity contribution in [3.05, 3.63) is 47.5 Å². The van der Waals surface area contributed by atoms with Crippen molar-refractivity contribution in [2.45, 2.75) is 10.1 Å². The van der Waals surface area contributed by atoms with Gasteiger partial charge in [-0.25, -0.2) is 4.98 Å². The summed E-state index contributed by atoms with van der Waals surface area (Å²) in [5.74, 6) is 1.05. The predicted molar refractivity (Wildman–Crippen MR) is 84.8 cm³/mol. The molecule has 1 aromatic carbocycles. The van der Waals surface area contributed by atoms with E-state index in [1.807, 2.05) is 24.3 Å². The Morgan fingerprint density at radius 2 is 2.14 bits per heavy atom. The average Bonchev–Trinajstić information content (AvgIpc) is 3.01. The van der Waals surface area contributed by atoms with Gasteiger partial charge in [0.1, 0.15) is 6.33 Å². The summed E-state index contributed by atoms with van der Waals surface area (Å²) in [5, 5.41) is 3.57. The van der Waals surface area contributed by atoms with Gasteiger partial charge >= 0.3 is 0 Å². The van der Waals surface area contributed by atoms with Gasteiger partial charge in [0.05, 0.1) is 0 Å². The number of imidazole rings is 1. The Morgan fingerprint density at radius 3 is 2.86 bits per heavy atom. The number of nitrogens with one attached hydrogen (secondary N) is 1. The molecule has 0 spiro atoms. The van der Waals surface area contributed by atoms with E-state index < -0.39 is 0 Å². The maximum Gasteiger partial charge on any atom is 0.240 e. The van der Waals surface area contributed by atoms with E-state index in [1.165, 1.54) is 11.8 Å². The number of rotatable bonds is 4. The van der Waals surface area contributed by atoms with Gasteiger partial charge in [0, 0.05) is 28.8 Å². The summed E-state index contributed by atoms with van der Waals surface area (Å²) in [6.45, 7) is 0. The van der Waals surface area contributed by atoms with E-state index in [0.29, 0.717) is 17.1 Å². The molecule has 2 aromatic heterocycles. The fourth-order valence-corrected chi connectivity index (χ4v) is 2.99. The molecule has 3 rings (SSSR count). The van der Waals surface area contributed by atoms with Gasteiger partial charge in [-0.2, -0.15) is 15.0 Å². The molecule has 6 nitrogen and oxygen atoms in total. The quantitative estimate of drug-likeness (QED) is 0.769. The minimum atomic E-state index is 0.520. The standard InChI is InChI=1S/C13H11BrN6S/c1-15-11-17-12(20-6-5-16-8-20)19-13(18-11)21-10-4-2-3-9(14)7-10/h2-8H,1H3,(H,15,17,18,19). The highest BCUT2D eigenvalue weighted by Gasteiger charge is 2.09. The lowest BCUT2D eigenvalue weighted by atomic mass is 10.4. The second-order valence-corrected chi connectivity index (χ2v) is 5.98. The van der Waals surface area contributed by atoms with Crippen molar-refractivity contribution in [1.82, 2.24) is 24.5 Å². The average molecular weight is 363 g/mol. The Balaban J connectivity index is 1.96. The topological polar surface area (TPSA) is 68.5 Å². The van der Waals surface area contributed by atoms with E-state index >= 15 is 0 Å². The van der Waals surface area contributed by atoms with Gasteiger partial charge in [-0.1, -0.05) is 22.0 Å². The summed E-state index contributed by atoms with van der Waals surface area (Å²) in [4.78, 5) is 18.2. The molecule has 0 atom stereocenters. The van der Waals surface area contributed by atoms with E-state index in [1.54, 1.807) is 30.3 Å². The van der Waals surface area contributed by atoms with Gasteiger partial charge in [0.2, 0.25) is 11.9 Å². The van der Waals surface area contributed by atoms with Crippen LogP contribution in [0.5, 0.6) is 0 Å². The van der Waals surface area contributed by atoms with Crippen LogP contribution in [0.4, 0.5) is 5.95 Å². The molecule has 0 bridgehead atoms. The summed E-state index contributed by atoms with van der Waals surface area (Å²) in [7, 11) is 1.78. The third kappa shape index (κ3) is 3.40. The number of anilines is 1. The lowest BCUT2D eigenvalue weighted by molar-refractivity contribution is 0.828.